The molecule has 1 aliphatic carbocycles. The maximum Gasteiger partial charge on any atom is 0.137 e. The van der Waals surface area contributed by atoms with Gasteiger partial charge in [0.25, 0.3) is 0 Å². The number of ether oxygens (including phenoxy) is 1. The van der Waals surface area contributed by atoms with Crippen LogP contribution in [0.2, 0.25) is 0 Å². The average Bonchev–Trinajstić information content (AvgIpc) is 2.65. The van der Waals surface area contributed by atoms with Crippen molar-refractivity contribution < 1.29 is 14.9 Å². The molecule has 0 unspecified atom stereocenters. The Labute approximate surface area is 177 Å². The molecule has 1 aromatic rings. The molecule has 2 atom stereocenters. The Morgan fingerprint density at radius 3 is 2.34 bits per heavy atom. The van der Waals surface area contributed by atoms with Gasteiger partial charge < -0.3 is 14.9 Å². The topological polar surface area (TPSA) is 52.9 Å². The van der Waals surface area contributed by atoms with Crippen LogP contribution in [0, 0.1) is 32.1 Å². The first kappa shape index (κ1) is 22.6. The van der Waals surface area contributed by atoms with Gasteiger partial charge in [-0.05, 0) is 87.0 Å². The van der Waals surface area contributed by atoms with Gasteiger partial charge in [-0.15, -0.1) is 0 Å². The van der Waals surface area contributed by atoms with Crippen molar-refractivity contribution in [2.75, 3.05) is 19.7 Å². The molecule has 3 rings (SSSR count). The van der Waals surface area contributed by atoms with Crippen molar-refractivity contribution in [2.24, 2.45) is 11.3 Å². The van der Waals surface area contributed by atoms with Gasteiger partial charge in [0, 0.05) is 19.1 Å². The summed E-state index contributed by atoms with van der Waals surface area (Å²) in [5, 5.41) is 21.9. The van der Waals surface area contributed by atoms with Gasteiger partial charge in [0.05, 0.1) is 6.10 Å². The normalized spacial score (nSPS) is 31.7. The number of hydrogen-bond donors (Lipinski definition) is 2. The Kier molecular flexibility index (Phi) is 6.67. The summed E-state index contributed by atoms with van der Waals surface area (Å²) in [6.07, 6.45) is 4.74. The molecule has 2 N–H and O–H groups in total. The molecule has 1 aromatic carbocycles. The van der Waals surface area contributed by atoms with E-state index < -0.39 is 11.7 Å². The first-order valence-corrected chi connectivity index (χ1v) is 11.3. The fraction of sp³-hybridized carbons (Fsp3) is 0.760. The van der Waals surface area contributed by atoms with Crippen LogP contribution in [-0.2, 0) is 0 Å². The Morgan fingerprint density at radius 2 is 1.72 bits per heavy atom. The van der Waals surface area contributed by atoms with E-state index in [0.29, 0.717) is 24.4 Å². The van der Waals surface area contributed by atoms with Crippen molar-refractivity contribution in [1.29, 1.82) is 0 Å². The van der Waals surface area contributed by atoms with Gasteiger partial charge in [0.15, 0.2) is 0 Å². The van der Waals surface area contributed by atoms with Crippen LogP contribution in [0.4, 0.5) is 0 Å². The number of aliphatic hydroxyl groups excluding tert-OH is 1. The van der Waals surface area contributed by atoms with Gasteiger partial charge in [0.1, 0.15) is 18.0 Å². The fourth-order valence-electron chi connectivity index (χ4n) is 5.21. The molecule has 4 nitrogen and oxygen atoms in total. The lowest BCUT2D eigenvalue weighted by molar-refractivity contribution is -0.147. The zero-order chi connectivity index (χ0) is 21.4. The van der Waals surface area contributed by atoms with E-state index in [2.05, 4.69) is 45.6 Å². The molecule has 0 spiro atoms. The van der Waals surface area contributed by atoms with Gasteiger partial charge in [-0.2, -0.15) is 0 Å². The number of hydrogen-bond acceptors (Lipinski definition) is 4. The predicted molar refractivity (Wildman–Crippen MR) is 118 cm³/mol. The minimum Gasteiger partial charge on any atom is -0.490 e. The molecule has 164 valence electrons. The van der Waals surface area contributed by atoms with Crippen LogP contribution in [0.15, 0.2) is 12.1 Å². The quantitative estimate of drug-likeness (QED) is 0.783. The summed E-state index contributed by atoms with van der Waals surface area (Å²) in [6, 6.07) is 4.67. The molecule has 0 bridgehead atoms. The van der Waals surface area contributed by atoms with E-state index in [1.54, 1.807) is 0 Å². The Hall–Kier alpha value is -1.10. The molecule has 1 saturated heterocycles. The summed E-state index contributed by atoms with van der Waals surface area (Å²) in [7, 11) is 0. The molecular weight excluding hydrogens is 362 g/mol. The highest BCUT2D eigenvalue weighted by Crippen LogP contribution is 2.40. The van der Waals surface area contributed by atoms with Gasteiger partial charge in [-0.1, -0.05) is 26.8 Å². The third kappa shape index (κ3) is 5.15. The number of likely N-dealkylation sites (tertiary alicyclic amines) is 1. The van der Waals surface area contributed by atoms with Crippen LogP contribution in [0.1, 0.15) is 69.6 Å². The zero-order valence-electron chi connectivity index (χ0n) is 19.3. The van der Waals surface area contributed by atoms with Gasteiger partial charge in [-0.3, -0.25) is 4.90 Å². The third-order valence-corrected chi connectivity index (χ3v) is 7.47. The smallest absolute Gasteiger partial charge is 0.137 e. The van der Waals surface area contributed by atoms with Crippen LogP contribution < -0.4 is 4.74 Å². The van der Waals surface area contributed by atoms with Crippen molar-refractivity contribution >= 4 is 0 Å². The van der Waals surface area contributed by atoms with E-state index in [0.717, 1.165) is 29.3 Å². The standard InChI is InChI=1S/C25H41NO3/c1-17-13-18(2)19(3)22(14-17)29-16-25(28)15-26(12-11-23(25)27)21-9-7-20(8-10-21)24(4,5)6/h13-14,20-21,23,27-28H,7-12,15-16H2,1-6H3/t20?,21?,23-,25-/m0/s1. The predicted octanol–water partition coefficient (Wildman–Crippen LogP) is 4.39. The van der Waals surface area contributed by atoms with Crippen molar-refractivity contribution in [1.82, 2.24) is 4.90 Å². The number of benzene rings is 1. The average molecular weight is 404 g/mol. The van der Waals surface area contributed by atoms with Gasteiger partial charge >= 0.3 is 0 Å². The number of piperidine rings is 1. The zero-order valence-corrected chi connectivity index (χ0v) is 19.3. The SMILES string of the molecule is Cc1cc(C)c(C)c(OC[C@@]2(O)CN(C3CCC(C(C)(C)C)CC3)CC[C@@H]2O)c1. The molecule has 1 heterocycles. The summed E-state index contributed by atoms with van der Waals surface area (Å²) >= 11 is 0. The summed E-state index contributed by atoms with van der Waals surface area (Å²) in [6.45, 7) is 14.7. The monoisotopic (exact) mass is 403 g/mol. The van der Waals surface area contributed by atoms with Gasteiger partial charge in [-0.25, -0.2) is 0 Å². The minimum atomic E-state index is -1.22. The second-order valence-corrected chi connectivity index (χ2v) is 10.7. The Morgan fingerprint density at radius 1 is 1.07 bits per heavy atom. The van der Waals surface area contributed by atoms with Crippen LogP contribution in [-0.4, -0.2) is 52.6 Å². The van der Waals surface area contributed by atoms with E-state index in [9.17, 15) is 10.2 Å². The first-order valence-electron chi connectivity index (χ1n) is 11.3. The van der Waals surface area contributed by atoms with Crippen LogP contribution >= 0.6 is 0 Å². The molecule has 0 aromatic heterocycles. The van der Waals surface area contributed by atoms with E-state index >= 15 is 0 Å². The van der Waals surface area contributed by atoms with Crippen LogP contribution in [0.3, 0.4) is 0 Å². The van der Waals surface area contributed by atoms with E-state index in [4.69, 9.17) is 4.74 Å². The lowest BCUT2D eigenvalue weighted by atomic mass is 9.71. The fourth-order valence-corrected chi connectivity index (χ4v) is 5.21. The molecule has 29 heavy (non-hydrogen) atoms. The number of aryl methyl sites for hydroxylation is 2. The molecule has 2 fully saturated rings. The lowest BCUT2D eigenvalue weighted by Crippen LogP contribution is -2.62. The van der Waals surface area contributed by atoms with Crippen molar-refractivity contribution in [2.45, 2.75) is 91.4 Å². The van der Waals surface area contributed by atoms with Crippen molar-refractivity contribution in [3.8, 4) is 5.75 Å². The number of nitrogens with zero attached hydrogens (tertiary/aromatic N) is 1. The maximum absolute atomic E-state index is 11.3. The summed E-state index contributed by atoms with van der Waals surface area (Å²) in [5.74, 6) is 1.59. The van der Waals surface area contributed by atoms with Crippen molar-refractivity contribution in [3.63, 3.8) is 0 Å². The highest BCUT2D eigenvalue weighted by molar-refractivity contribution is 5.42. The Balaban J connectivity index is 1.63. The molecule has 2 aliphatic rings. The third-order valence-electron chi connectivity index (χ3n) is 7.47. The largest absolute Gasteiger partial charge is 0.490 e. The minimum absolute atomic E-state index is 0.131. The number of rotatable bonds is 4. The summed E-state index contributed by atoms with van der Waals surface area (Å²) in [4.78, 5) is 2.41. The van der Waals surface area contributed by atoms with E-state index in [1.807, 2.05) is 13.0 Å². The summed E-state index contributed by atoms with van der Waals surface area (Å²) < 4.78 is 6.07. The van der Waals surface area contributed by atoms with Gasteiger partial charge in [0.2, 0.25) is 0 Å². The molecular formula is C25H41NO3. The summed E-state index contributed by atoms with van der Waals surface area (Å²) in [5.41, 5.74) is 2.59. The highest BCUT2D eigenvalue weighted by Gasteiger charge is 2.44. The maximum atomic E-state index is 11.3. The van der Waals surface area contributed by atoms with Crippen LogP contribution in [0.25, 0.3) is 0 Å². The highest BCUT2D eigenvalue weighted by atomic mass is 16.5. The molecule has 1 saturated carbocycles. The first-order chi connectivity index (χ1) is 13.5. The van der Waals surface area contributed by atoms with E-state index in [1.165, 1.54) is 31.2 Å². The lowest BCUT2D eigenvalue weighted by Gasteiger charge is -2.47. The van der Waals surface area contributed by atoms with Crippen LogP contribution in [0.5, 0.6) is 5.75 Å². The Bertz CT molecular complexity index is 703. The number of aliphatic hydroxyl groups is 2. The second-order valence-electron chi connectivity index (χ2n) is 10.7. The molecule has 0 amide bonds. The number of β-amino-alcohol motifs (C(OH)–C–C–N with tert-alkyl or cyclic N) is 1. The molecule has 1 aliphatic heterocycles. The molecule has 0 radical (unpaired) electrons. The molecule has 4 heteroatoms. The van der Waals surface area contributed by atoms with E-state index in [-0.39, 0.29) is 6.61 Å². The second kappa shape index (κ2) is 8.56. The van der Waals surface area contributed by atoms with Crippen molar-refractivity contribution in [3.05, 3.63) is 28.8 Å².